The Labute approximate surface area is 179 Å². The van der Waals surface area contributed by atoms with E-state index in [1.54, 1.807) is 42.6 Å². The van der Waals surface area contributed by atoms with Gasteiger partial charge in [0.15, 0.2) is 5.13 Å². The minimum atomic E-state index is -3.01. The van der Waals surface area contributed by atoms with Crippen molar-refractivity contribution in [3.8, 4) is 11.4 Å². The molecule has 0 bridgehead atoms. The van der Waals surface area contributed by atoms with Crippen LogP contribution < -0.4 is 9.62 Å². The number of hydrogen-bond donors (Lipinski definition) is 3. The van der Waals surface area contributed by atoms with Gasteiger partial charge in [-0.2, -0.15) is 0 Å². The summed E-state index contributed by atoms with van der Waals surface area (Å²) in [5.41, 5.74) is 3.54. The van der Waals surface area contributed by atoms with E-state index in [4.69, 9.17) is 0 Å². The van der Waals surface area contributed by atoms with E-state index in [9.17, 15) is 13.2 Å². The van der Waals surface area contributed by atoms with E-state index in [2.05, 4.69) is 15.3 Å². The fourth-order valence-electron chi connectivity index (χ4n) is 2.97. The Morgan fingerprint density at radius 3 is 2.53 bits per heavy atom. The van der Waals surface area contributed by atoms with Crippen molar-refractivity contribution in [3.63, 3.8) is 0 Å². The summed E-state index contributed by atoms with van der Waals surface area (Å²) in [6, 6.07) is 17.4. The highest BCUT2D eigenvalue weighted by Crippen LogP contribution is 2.30. The number of H-pyrrole nitrogens is 1. The van der Waals surface area contributed by atoms with Gasteiger partial charge in [0, 0.05) is 11.6 Å². The van der Waals surface area contributed by atoms with Crippen LogP contribution in [-0.4, -0.2) is 24.3 Å². The van der Waals surface area contributed by atoms with Gasteiger partial charge in [-0.1, -0.05) is 29.8 Å². The van der Waals surface area contributed by atoms with E-state index < -0.39 is 16.8 Å². The predicted molar refractivity (Wildman–Crippen MR) is 120 cm³/mol. The quantitative estimate of drug-likeness (QED) is 0.390. The van der Waals surface area contributed by atoms with Gasteiger partial charge >= 0.3 is 0 Å². The van der Waals surface area contributed by atoms with E-state index in [0.29, 0.717) is 10.8 Å². The van der Waals surface area contributed by atoms with Gasteiger partial charge in [-0.25, -0.2) is 17.7 Å². The summed E-state index contributed by atoms with van der Waals surface area (Å²) in [7, 11) is -3.01. The smallest absolute Gasteiger partial charge is 0.259 e. The Hall–Kier alpha value is -3.43. The van der Waals surface area contributed by atoms with Crippen LogP contribution in [0.3, 0.4) is 0 Å². The second-order valence-electron chi connectivity index (χ2n) is 6.48. The van der Waals surface area contributed by atoms with Crippen LogP contribution in [0.2, 0.25) is 0 Å². The zero-order valence-corrected chi connectivity index (χ0v) is 17.6. The fourth-order valence-corrected chi connectivity index (χ4v) is 4.34. The van der Waals surface area contributed by atoms with Crippen molar-refractivity contribution in [2.24, 2.45) is 0 Å². The van der Waals surface area contributed by atoms with Crippen molar-refractivity contribution in [1.82, 2.24) is 9.97 Å². The number of anilines is 3. The Balaban J connectivity index is 1.65. The van der Waals surface area contributed by atoms with Gasteiger partial charge in [-0.3, -0.25) is 10.1 Å². The number of nitrogens with zero attached hydrogens (tertiary/aromatic N) is 2. The number of rotatable bonds is 6. The first-order chi connectivity index (χ1) is 14.5. The summed E-state index contributed by atoms with van der Waals surface area (Å²) in [5.74, 6) is -0.438. The van der Waals surface area contributed by atoms with Crippen LogP contribution in [0.5, 0.6) is 0 Å². The van der Waals surface area contributed by atoms with Gasteiger partial charge < -0.3 is 4.98 Å². The summed E-state index contributed by atoms with van der Waals surface area (Å²) < 4.78 is 25.3. The zero-order chi connectivity index (χ0) is 21.1. The van der Waals surface area contributed by atoms with Crippen LogP contribution in [0, 0.1) is 6.92 Å². The minimum absolute atomic E-state index is 0.230. The van der Waals surface area contributed by atoms with Crippen LogP contribution in [0.4, 0.5) is 16.5 Å². The third-order valence-corrected chi connectivity index (χ3v) is 5.95. The number of hydrogen-bond acceptors (Lipinski definition) is 5. The third-order valence-electron chi connectivity index (χ3n) is 4.42. The number of aromatic amines is 1. The molecule has 4 aromatic rings. The van der Waals surface area contributed by atoms with Crippen molar-refractivity contribution >= 4 is 44.6 Å². The van der Waals surface area contributed by atoms with E-state index in [0.717, 1.165) is 21.3 Å². The summed E-state index contributed by atoms with van der Waals surface area (Å²) in [4.78, 5) is 20.5. The fraction of sp³-hybridized carbons (Fsp3) is 0.0476. The van der Waals surface area contributed by atoms with Crippen molar-refractivity contribution in [2.45, 2.75) is 6.92 Å². The van der Waals surface area contributed by atoms with Gasteiger partial charge in [0.1, 0.15) is 0 Å². The lowest BCUT2D eigenvalue weighted by Crippen LogP contribution is -2.20. The van der Waals surface area contributed by atoms with Gasteiger partial charge in [-0.15, -0.1) is 11.3 Å². The van der Waals surface area contributed by atoms with Gasteiger partial charge in [0.2, 0.25) is 10.9 Å². The molecular formula is C21H18N4O3S2. The molecular weight excluding hydrogens is 420 g/mol. The van der Waals surface area contributed by atoms with Crippen LogP contribution in [0.25, 0.3) is 11.4 Å². The number of aromatic nitrogens is 2. The lowest BCUT2D eigenvalue weighted by Gasteiger charge is -2.20. The maximum absolute atomic E-state index is 13.0. The molecule has 0 aliphatic rings. The number of carbonyl (C=O) groups is 1. The molecule has 2 aromatic heterocycles. The molecule has 30 heavy (non-hydrogen) atoms. The molecule has 2 aromatic carbocycles. The highest BCUT2D eigenvalue weighted by atomic mass is 32.2. The number of benzene rings is 2. The molecule has 0 fully saturated rings. The maximum atomic E-state index is 13.0. The van der Waals surface area contributed by atoms with Crippen molar-refractivity contribution in [1.29, 1.82) is 0 Å². The van der Waals surface area contributed by atoms with Crippen LogP contribution in [0.1, 0.15) is 15.9 Å². The molecule has 0 radical (unpaired) electrons. The molecule has 2 heterocycles. The molecule has 0 saturated carbocycles. The molecule has 2 N–H and O–H groups in total. The maximum Gasteiger partial charge on any atom is 0.259 e. The topological polar surface area (TPSA) is 95.2 Å². The summed E-state index contributed by atoms with van der Waals surface area (Å²) >= 11 is 1.29. The summed E-state index contributed by atoms with van der Waals surface area (Å²) in [6.07, 6.45) is 1.80. The van der Waals surface area contributed by atoms with Crippen molar-refractivity contribution in [3.05, 3.63) is 83.4 Å². The number of carbonyl (C=O) groups excluding carboxylic acids is 1. The molecule has 0 saturated heterocycles. The predicted octanol–water partition coefficient (Wildman–Crippen LogP) is 4.36. The third kappa shape index (κ3) is 4.12. The van der Waals surface area contributed by atoms with Gasteiger partial charge in [-0.05, 0) is 43.3 Å². The summed E-state index contributed by atoms with van der Waals surface area (Å²) in [5, 5.41) is 5.02. The second kappa shape index (κ2) is 8.52. The Bertz CT molecular complexity index is 1240. The number of amides is 1. The van der Waals surface area contributed by atoms with Crippen molar-refractivity contribution < 1.29 is 13.2 Å². The largest absolute Gasteiger partial charge is 0.360 e. The van der Waals surface area contributed by atoms with E-state index in [-0.39, 0.29) is 11.3 Å². The first-order valence-corrected chi connectivity index (χ1v) is 11.0. The zero-order valence-electron chi connectivity index (χ0n) is 15.9. The summed E-state index contributed by atoms with van der Waals surface area (Å²) in [6.45, 7) is 1.92. The Morgan fingerprint density at radius 1 is 1.07 bits per heavy atom. The van der Waals surface area contributed by atoms with Crippen LogP contribution >= 0.6 is 11.3 Å². The number of para-hydroxylation sites is 1. The number of aryl methyl sites for hydroxylation is 1. The normalized spacial score (nSPS) is 10.9. The number of thiol groups is 1. The molecule has 9 heteroatoms. The Morgan fingerprint density at radius 2 is 1.83 bits per heavy atom. The molecule has 0 aliphatic heterocycles. The molecule has 0 unspecified atom stereocenters. The molecule has 7 nitrogen and oxygen atoms in total. The molecule has 152 valence electrons. The van der Waals surface area contributed by atoms with Crippen molar-refractivity contribution in [2.75, 3.05) is 9.62 Å². The lowest BCUT2D eigenvalue weighted by atomic mass is 10.1. The standard InChI is InChI=1S/C21H18N4O3S2/c1-14-8-10-15(11-9-14)25(30(27)28)19-7-3-2-5-16(19)20(26)24-21-23-18(13-29-21)17-6-4-12-22-17/h2-13,22,30H,1H3,(H,23,24,26). The van der Waals surface area contributed by atoms with E-state index in [1.807, 2.05) is 36.6 Å². The second-order valence-corrected chi connectivity index (χ2v) is 8.21. The lowest BCUT2D eigenvalue weighted by molar-refractivity contribution is 0.102. The molecule has 0 spiro atoms. The average molecular weight is 439 g/mol. The van der Waals surface area contributed by atoms with E-state index >= 15 is 0 Å². The minimum Gasteiger partial charge on any atom is -0.360 e. The molecule has 1 amide bonds. The van der Waals surface area contributed by atoms with E-state index in [1.165, 1.54) is 11.3 Å². The highest BCUT2D eigenvalue weighted by molar-refractivity contribution is 7.74. The number of thiazole rings is 1. The van der Waals surface area contributed by atoms with Crippen LogP contribution in [0.15, 0.2) is 72.2 Å². The highest BCUT2D eigenvalue weighted by Gasteiger charge is 2.20. The van der Waals surface area contributed by atoms with Gasteiger partial charge in [0.05, 0.1) is 28.3 Å². The average Bonchev–Trinajstić information content (AvgIpc) is 3.41. The molecule has 0 aliphatic carbocycles. The SMILES string of the molecule is Cc1ccc(N(c2ccccc2C(=O)Nc2nc(-c3ccc[nH]3)cs2)[SH](=O)=O)cc1. The first kappa shape index (κ1) is 19.9. The number of nitrogens with one attached hydrogen (secondary N) is 2. The molecule has 0 atom stereocenters. The van der Waals surface area contributed by atoms with Gasteiger partial charge in [0.25, 0.3) is 5.91 Å². The van der Waals surface area contributed by atoms with Crippen LogP contribution in [-0.2, 0) is 10.9 Å². The Kier molecular flexibility index (Phi) is 5.64. The molecule has 4 rings (SSSR count). The first-order valence-electron chi connectivity index (χ1n) is 9.03. The monoisotopic (exact) mass is 438 g/mol.